The highest BCUT2D eigenvalue weighted by Gasteiger charge is 2.33. The molecule has 1 aliphatic carbocycles. The van der Waals surface area contributed by atoms with Crippen LogP contribution >= 0.6 is 11.3 Å². The topological polar surface area (TPSA) is 71.9 Å². The minimum absolute atomic E-state index is 0.0272. The molecule has 0 bridgehead atoms. The Bertz CT molecular complexity index is 1000. The summed E-state index contributed by atoms with van der Waals surface area (Å²) >= 11 is 1.44. The molecule has 7 heteroatoms. The highest BCUT2D eigenvalue weighted by molar-refractivity contribution is 7.09. The Kier molecular flexibility index (Phi) is 6.30. The molecule has 0 spiro atoms. The molecule has 6 nitrogen and oxygen atoms in total. The summed E-state index contributed by atoms with van der Waals surface area (Å²) in [5.74, 6) is 1.26. The largest absolute Gasteiger partial charge is 0.493 e. The van der Waals surface area contributed by atoms with Crippen LogP contribution in [0, 0.1) is 0 Å². The number of thiazole rings is 1. The van der Waals surface area contributed by atoms with Crippen molar-refractivity contribution < 1.29 is 19.4 Å². The van der Waals surface area contributed by atoms with Gasteiger partial charge in [-0.05, 0) is 31.0 Å². The van der Waals surface area contributed by atoms with E-state index in [0.29, 0.717) is 29.3 Å². The molecule has 1 amide bonds. The van der Waals surface area contributed by atoms with Gasteiger partial charge in [-0.15, -0.1) is 11.3 Å². The van der Waals surface area contributed by atoms with Crippen LogP contribution in [0.4, 0.5) is 0 Å². The molecule has 0 aliphatic heterocycles. The summed E-state index contributed by atoms with van der Waals surface area (Å²) in [6.07, 6.45) is 2.03. The van der Waals surface area contributed by atoms with E-state index in [0.717, 1.165) is 23.4 Å². The average molecular weight is 425 g/mol. The average Bonchev–Trinajstić information content (AvgIpc) is 3.53. The number of hydrogen-bond acceptors (Lipinski definition) is 6. The Morgan fingerprint density at radius 1 is 1.20 bits per heavy atom. The first-order valence-electron chi connectivity index (χ1n) is 9.88. The number of aromatic nitrogens is 1. The first-order chi connectivity index (χ1) is 14.7. The van der Waals surface area contributed by atoms with E-state index in [1.165, 1.54) is 11.3 Å². The summed E-state index contributed by atoms with van der Waals surface area (Å²) in [6, 6.07) is 15.3. The minimum atomic E-state index is -0.0889. The lowest BCUT2D eigenvalue weighted by Gasteiger charge is -2.24. The number of carbonyl (C=O) groups excluding carboxylic acids is 1. The van der Waals surface area contributed by atoms with Crippen LogP contribution in [0.5, 0.6) is 11.5 Å². The molecular formula is C23H24N2O4S. The molecule has 0 atom stereocenters. The van der Waals surface area contributed by atoms with Crippen molar-refractivity contribution in [3.63, 3.8) is 0 Å². The van der Waals surface area contributed by atoms with Crippen LogP contribution in [0.25, 0.3) is 0 Å². The van der Waals surface area contributed by atoms with Gasteiger partial charge in [0.15, 0.2) is 11.5 Å². The Morgan fingerprint density at radius 2 is 2.00 bits per heavy atom. The zero-order valence-electron chi connectivity index (χ0n) is 16.8. The van der Waals surface area contributed by atoms with Crippen molar-refractivity contribution in [2.75, 3.05) is 7.11 Å². The lowest BCUT2D eigenvalue weighted by Crippen LogP contribution is -2.32. The number of rotatable bonds is 9. The van der Waals surface area contributed by atoms with Gasteiger partial charge in [0.05, 0.1) is 26.0 Å². The van der Waals surface area contributed by atoms with Crippen LogP contribution in [0.15, 0.2) is 53.9 Å². The highest BCUT2D eigenvalue weighted by Crippen LogP contribution is 2.36. The van der Waals surface area contributed by atoms with Gasteiger partial charge < -0.3 is 19.5 Å². The second-order valence-corrected chi connectivity index (χ2v) is 8.10. The van der Waals surface area contributed by atoms with Crippen LogP contribution in [0.1, 0.15) is 39.5 Å². The molecule has 4 rings (SSSR count). The van der Waals surface area contributed by atoms with E-state index in [2.05, 4.69) is 4.98 Å². The third kappa shape index (κ3) is 4.63. The molecule has 2 aromatic carbocycles. The van der Waals surface area contributed by atoms with Gasteiger partial charge in [0, 0.05) is 22.5 Å². The number of nitrogens with zero attached hydrogens (tertiary/aromatic N) is 2. The maximum Gasteiger partial charge on any atom is 0.254 e. The monoisotopic (exact) mass is 424 g/mol. The normalized spacial score (nSPS) is 13.1. The number of benzene rings is 2. The molecule has 156 valence electrons. The van der Waals surface area contributed by atoms with Crippen molar-refractivity contribution >= 4 is 17.2 Å². The number of ether oxygens (including phenoxy) is 2. The third-order valence-corrected chi connectivity index (χ3v) is 5.86. The van der Waals surface area contributed by atoms with E-state index in [1.54, 1.807) is 7.11 Å². The van der Waals surface area contributed by atoms with Gasteiger partial charge in [0.1, 0.15) is 11.6 Å². The number of aliphatic hydroxyl groups is 1. The summed E-state index contributed by atoms with van der Waals surface area (Å²) in [5, 5.41) is 11.8. The molecule has 1 aromatic heterocycles. The van der Waals surface area contributed by atoms with Crippen molar-refractivity contribution in [2.45, 2.75) is 38.6 Å². The van der Waals surface area contributed by atoms with Crippen molar-refractivity contribution in [3.05, 3.63) is 75.7 Å². The number of hydrogen-bond donors (Lipinski definition) is 1. The maximum absolute atomic E-state index is 13.1. The van der Waals surface area contributed by atoms with Crippen molar-refractivity contribution in [3.8, 4) is 11.5 Å². The first-order valence-corrected chi connectivity index (χ1v) is 10.8. The zero-order chi connectivity index (χ0) is 20.9. The predicted octanol–water partition coefficient (Wildman–Crippen LogP) is 4.03. The van der Waals surface area contributed by atoms with E-state index >= 15 is 0 Å². The number of amides is 1. The fourth-order valence-corrected chi connectivity index (χ4v) is 4.01. The van der Waals surface area contributed by atoms with Crippen LogP contribution < -0.4 is 9.47 Å². The van der Waals surface area contributed by atoms with Gasteiger partial charge in [-0.3, -0.25) is 4.79 Å². The number of methoxy groups -OCH3 is 1. The van der Waals surface area contributed by atoms with Crippen molar-refractivity contribution in [1.29, 1.82) is 0 Å². The standard InChI is InChI=1S/C23H24N2O4S/c1-28-20-9-5-8-17(22(20)29-14-21-24-18(13-26)15-30-21)12-25(19-10-11-19)23(27)16-6-3-2-4-7-16/h2-9,15,19,26H,10-14H2,1H3. The van der Waals surface area contributed by atoms with Gasteiger partial charge in [-0.25, -0.2) is 4.98 Å². The van der Waals surface area contributed by atoms with Gasteiger partial charge in [-0.2, -0.15) is 0 Å². The molecule has 3 aromatic rings. The van der Waals surface area contributed by atoms with E-state index in [4.69, 9.17) is 9.47 Å². The lowest BCUT2D eigenvalue weighted by molar-refractivity contribution is 0.0728. The molecule has 0 radical (unpaired) electrons. The summed E-state index contributed by atoms with van der Waals surface area (Å²) in [5.41, 5.74) is 2.21. The van der Waals surface area contributed by atoms with Crippen LogP contribution in [-0.4, -0.2) is 34.0 Å². The fraction of sp³-hybridized carbons (Fsp3) is 0.304. The fourth-order valence-electron chi connectivity index (χ4n) is 3.32. The van der Waals surface area contributed by atoms with Crippen LogP contribution in [0.3, 0.4) is 0 Å². The molecular weight excluding hydrogens is 400 g/mol. The van der Waals surface area contributed by atoms with E-state index < -0.39 is 0 Å². The first kappa shape index (κ1) is 20.4. The van der Waals surface area contributed by atoms with E-state index in [1.807, 2.05) is 58.8 Å². The second kappa shape index (κ2) is 9.28. The highest BCUT2D eigenvalue weighted by atomic mass is 32.1. The third-order valence-electron chi connectivity index (χ3n) is 4.99. The summed E-state index contributed by atoms with van der Waals surface area (Å²) in [7, 11) is 1.60. The molecule has 1 aliphatic rings. The minimum Gasteiger partial charge on any atom is -0.493 e. The molecule has 0 saturated heterocycles. The van der Waals surface area contributed by atoms with Gasteiger partial charge in [0.2, 0.25) is 0 Å². The Morgan fingerprint density at radius 3 is 2.67 bits per heavy atom. The van der Waals surface area contributed by atoms with Crippen molar-refractivity contribution in [2.24, 2.45) is 0 Å². The van der Waals surface area contributed by atoms with E-state index in [-0.39, 0.29) is 25.2 Å². The Hall–Kier alpha value is -2.90. The van der Waals surface area contributed by atoms with Crippen LogP contribution in [-0.2, 0) is 19.8 Å². The van der Waals surface area contributed by atoms with Crippen molar-refractivity contribution in [1.82, 2.24) is 9.88 Å². The SMILES string of the molecule is COc1cccc(CN(C(=O)c2ccccc2)C2CC2)c1OCc1nc(CO)cs1. The quantitative estimate of drug-likeness (QED) is 0.562. The molecule has 30 heavy (non-hydrogen) atoms. The predicted molar refractivity (Wildman–Crippen MR) is 115 cm³/mol. The molecule has 0 unspecified atom stereocenters. The summed E-state index contributed by atoms with van der Waals surface area (Å²) < 4.78 is 11.6. The van der Waals surface area contributed by atoms with Gasteiger partial charge in [0.25, 0.3) is 5.91 Å². The maximum atomic E-state index is 13.1. The molecule has 1 saturated carbocycles. The lowest BCUT2D eigenvalue weighted by atomic mass is 10.1. The van der Waals surface area contributed by atoms with Gasteiger partial charge >= 0.3 is 0 Å². The number of aliphatic hydroxyl groups excluding tert-OH is 1. The second-order valence-electron chi connectivity index (χ2n) is 7.16. The summed E-state index contributed by atoms with van der Waals surface area (Å²) in [6.45, 7) is 0.632. The molecule has 1 heterocycles. The summed E-state index contributed by atoms with van der Waals surface area (Å²) in [4.78, 5) is 19.4. The Labute approximate surface area is 179 Å². The number of para-hydroxylation sites is 1. The molecule has 1 N–H and O–H groups in total. The van der Waals surface area contributed by atoms with E-state index in [9.17, 15) is 9.90 Å². The van der Waals surface area contributed by atoms with Gasteiger partial charge in [-0.1, -0.05) is 30.3 Å². The number of carbonyl (C=O) groups is 1. The smallest absolute Gasteiger partial charge is 0.254 e. The molecule has 1 fully saturated rings. The Balaban J connectivity index is 1.57. The van der Waals surface area contributed by atoms with Crippen LogP contribution in [0.2, 0.25) is 0 Å². The zero-order valence-corrected chi connectivity index (χ0v) is 17.6.